The molecule has 1 aromatic carbocycles. The quantitative estimate of drug-likeness (QED) is 0.470. The Morgan fingerprint density at radius 1 is 1.10 bits per heavy atom. The number of carbonyl (C=O) groups excluding carboxylic acids is 2. The first-order valence-corrected chi connectivity index (χ1v) is 13.8. The topological polar surface area (TPSA) is 90.6 Å². The number of hydrogen-bond donors (Lipinski definition) is 1. The monoisotopic (exact) mass is 533 g/mol. The summed E-state index contributed by atoms with van der Waals surface area (Å²) in [5.41, 5.74) is 3.97. The first kappa shape index (κ1) is 27.1. The Kier molecular flexibility index (Phi) is 7.64. The number of carbonyl (C=O) groups is 2. The Hall–Kier alpha value is -3.43. The number of imide groups is 1. The number of β-amino-alcohol motifs (C(OH)–C–C–N with tert-alkyl or cyclic N) is 1. The number of aryl methyl sites for hydroxylation is 1. The van der Waals surface area contributed by atoms with Gasteiger partial charge >= 0.3 is 6.03 Å². The molecular weight excluding hydrogens is 494 g/mol. The lowest BCUT2D eigenvalue weighted by Crippen LogP contribution is -2.52. The van der Waals surface area contributed by atoms with Crippen molar-refractivity contribution in [3.8, 4) is 5.75 Å². The number of fused-ring (bicyclic) bond motifs is 1. The van der Waals surface area contributed by atoms with Gasteiger partial charge in [0.15, 0.2) is 0 Å². The van der Waals surface area contributed by atoms with Crippen LogP contribution in [0.25, 0.3) is 5.52 Å². The van der Waals surface area contributed by atoms with E-state index in [0.29, 0.717) is 24.8 Å². The Bertz CT molecular complexity index is 1350. The minimum Gasteiger partial charge on any atom is -0.496 e. The lowest BCUT2D eigenvalue weighted by Gasteiger charge is -2.35. The highest BCUT2D eigenvalue weighted by molar-refractivity contribution is 6.07. The molecular formula is C30H39N5O4. The van der Waals surface area contributed by atoms with Crippen molar-refractivity contribution in [1.29, 1.82) is 0 Å². The lowest BCUT2D eigenvalue weighted by atomic mass is 9.90. The number of benzene rings is 1. The Morgan fingerprint density at radius 2 is 1.87 bits per heavy atom. The fourth-order valence-electron chi connectivity index (χ4n) is 5.80. The van der Waals surface area contributed by atoms with Crippen molar-refractivity contribution in [1.82, 2.24) is 19.4 Å². The van der Waals surface area contributed by atoms with Gasteiger partial charge in [-0.1, -0.05) is 12.1 Å². The molecule has 0 radical (unpaired) electrons. The van der Waals surface area contributed by atoms with Crippen molar-refractivity contribution in [3.63, 3.8) is 0 Å². The van der Waals surface area contributed by atoms with Gasteiger partial charge < -0.3 is 14.7 Å². The van der Waals surface area contributed by atoms with Crippen LogP contribution in [-0.4, -0.2) is 75.3 Å². The van der Waals surface area contributed by atoms with Crippen LogP contribution >= 0.6 is 0 Å². The van der Waals surface area contributed by atoms with E-state index in [4.69, 9.17) is 4.74 Å². The molecule has 0 saturated carbocycles. The van der Waals surface area contributed by atoms with E-state index in [-0.39, 0.29) is 24.9 Å². The van der Waals surface area contributed by atoms with Crippen molar-refractivity contribution >= 4 is 23.1 Å². The predicted octanol–water partition coefficient (Wildman–Crippen LogP) is 4.04. The Labute approximate surface area is 229 Å². The summed E-state index contributed by atoms with van der Waals surface area (Å²) in [5, 5.41) is 14.6. The summed E-state index contributed by atoms with van der Waals surface area (Å²) in [6, 6.07) is 9.67. The van der Waals surface area contributed by atoms with E-state index in [1.165, 1.54) is 10.5 Å². The second kappa shape index (κ2) is 11.0. The molecule has 5 rings (SSSR count). The van der Waals surface area contributed by atoms with Crippen molar-refractivity contribution in [2.24, 2.45) is 5.92 Å². The third-order valence-electron chi connectivity index (χ3n) is 7.78. The van der Waals surface area contributed by atoms with Gasteiger partial charge in [0.05, 0.1) is 36.7 Å². The first-order valence-electron chi connectivity index (χ1n) is 13.8. The summed E-state index contributed by atoms with van der Waals surface area (Å²) in [4.78, 5) is 31.8. The standard InChI is InChI=1S/C30H39N5O4/c1-21-5-6-24(27(15-21)39-4)19-34-28(36)10-13-33(29(34)37)26-18-31-35-14-9-23(17-25(26)35)16-22-7-11-32(12-8-22)20-30(2,3)38/h5-6,9,14-15,17-18,22,38H,7-8,10-13,16,19-20H2,1-4H3. The number of amides is 3. The van der Waals surface area contributed by atoms with Crippen molar-refractivity contribution in [2.75, 3.05) is 38.2 Å². The molecule has 9 nitrogen and oxygen atoms in total. The van der Waals surface area contributed by atoms with Crippen LogP contribution < -0.4 is 9.64 Å². The van der Waals surface area contributed by atoms with Gasteiger partial charge in [-0.2, -0.15) is 5.10 Å². The zero-order chi connectivity index (χ0) is 27.7. The van der Waals surface area contributed by atoms with E-state index in [9.17, 15) is 14.7 Å². The molecule has 2 aromatic heterocycles. The zero-order valence-electron chi connectivity index (χ0n) is 23.4. The second-order valence-electron chi connectivity index (χ2n) is 11.6. The number of aliphatic hydroxyl groups is 1. The number of rotatable bonds is 8. The number of urea groups is 1. The highest BCUT2D eigenvalue weighted by Gasteiger charge is 2.35. The number of methoxy groups -OCH3 is 1. The largest absolute Gasteiger partial charge is 0.496 e. The number of pyridine rings is 1. The van der Waals surface area contributed by atoms with Gasteiger partial charge in [0.25, 0.3) is 0 Å². The van der Waals surface area contributed by atoms with Crippen LogP contribution in [0, 0.1) is 12.8 Å². The molecule has 208 valence electrons. The van der Waals surface area contributed by atoms with E-state index in [1.54, 1.807) is 22.7 Å². The molecule has 4 heterocycles. The molecule has 2 saturated heterocycles. The van der Waals surface area contributed by atoms with Gasteiger partial charge in [0.2, 0.25) is 5.91 Å². The summed E-state index contributed by atoms with van der Waals surface area (Å²) >= 11 is 0. The number of nitrogens with zero attached hydrogens (tertiary/aromatic N) is 5. The maximum atomic E-state index is 13.6. The van der Waals surface area contributed by atoms with Gasteiger partial charge in [-0.3, -0.25) is 14.6 Å². The molecule has 3 amide bonds. The summed E-state index contributed by atoms with van der Waals surface area (Å²) in [5.74, 6) is 1.05. The summed E-state index contributed by atoms with van der Waals surface area (Å²) < 4.78 is 7.30. The van der Waals surface area contributed by atoms with E-state index in [2.05, 4.69) is 22.1 Å². The third kappa shape index (κ3) is 6.09. The Balaban J connectivity index is 1.31. The predicted molar refractivity (Wildman–Crippen MR) is 150 cm³/mol. The normalized spacial score (nSPS) is 17.9. The third-order valence-corrected chi connectivity index (χ3v) is 7.78. The SMILES string of the molecule is COc1cc(C)ccc1CN1C(=O)CCN(c2cnn3ccc(CC4CCN(CC(C)(C)O)CC4)cc23)C1=O. The molecule has 2 aliphatic rings. The molecule has 0 aliphatic carbocycles. The lowest BCUT2D eigenvalue weighted by molar-refractivity contribution is -0.129. The van der Waals surface area contributed by atoms with Crippen LogP contribution in [0.5, 0.6) is 5.75 Å². The molecule has 3 aromatic rings. The first-order chi connectivity index (χ1) is 18.6. The molecule has 9 heteroatoms. The van der Waals surface area contributed by atoms with Gasteiger partial charge in [0, 0.05) is 31.3 Å². The smallest absolute Gasteiger partial charge is 0.331 e. The summed E-state index contributed by atoms with van der Waals surface area (Å²) in [6.45, 7) is 8.87. The van der Waals surface area contributed by atoms with Crippen molar-refractivity contribution in [2.45, 2.75) is 58.6 Å². The molecule has 0 bridgehead atoms. The molecule has 2 fully saturated rings. The summed E-state index contributed by atoms with van der Waals surface area (Å²) in [7, 11) is 1.60. The molecule has 0 spiro atoms. The average molecular weight is 534 g/mol. The van der Waals surface area contributed by atoms with Crippen LogP contribution in [0.15, 0.2) is 42.7 Å². The number of ether oxygens (including phenoxy) is 1. The van der Waals surface area contributed by atoms with Crippen LogP contribution in [0.3, 0.4) is 0 Å². The highest BCUT2D eigenvalue weighted by atomic mass is 16.5. The minimum absolute atomic E-state index is 0.161. The van der Waals surface area contributed by atoms with Gasteiger partial charge in [0.1, 0.15) is 5.75 Å². The van der Waals surface area contributed by atoms with Crippen LogP contribution in [0.2, 0.25) is 0 Å². The van der Waals surface area contributed by atoms with Crippen molar-refractivity contribution < 1.29 is 19.4 Å². The highest BCUT2D eigenvalue weighted by Crippen LogP contribution is 2.30. The number of aromatic nitrogens is 2. The molecule has 1 N–H and O–H groups in total. The van der Waals surface area contributed by atoms with Gasteiger partial charge in [-0.05, 0) is 88.4 Å². The second-order valence-corrected chi connectivity index (χ2v) is 11.6. The number of likely N-dealkylation sites (tertiary alicyclic amines) is 1. The number of anilines is 1. The van der Waals surface area contributed by atoms with Crippen LogP contribution in [0.1, 0.15) is 49.8 Å². The Morgan fingerprint density at radius 3 is 2.59 bits per heavy atom. The summed E-state index contributed by atoms with van der Waals surface area (Å²) in [6.07, 6.45) is 7.07. The van der Waals surface area contributed by atoms with Crippen LogP contribution in [0.4, 0.5) is 10.5 Å². The fourth-order valence-corrected chi connectivity index (χ4v) is 5.80. The maximum Gasteiger partial charge on any atom is 0.331 e. The van der Waals surface area contributed by atoms with E-state index >= 15 is 0 Å². The molecule has 2 aliphatic heterocycles. The van der Waals surface area contributed by atoms with Crippen molar-refractivity contribution in [3.05, 3.63) is 59.4 Å². The minimum atomic E-state index is -0.672. The average Bonchev–Trinajstić information content (AvgIpc) is 3.30. The molecule has 39 heavy (non-hydrogen) atoms. The van der Waals surface area contributed by atoms with E-state index in [1.807, 2.05) is 45.2 Å². The van der Waals surface area contributed by atoms with Crippen LogP contribution in [-0.2, 0) is 17.8 Å². The van der Waals surface area contributed by atoms with Gasteiger partial charge in [-0.25, -0.2) is 9.31 Å². The van der Waals surface area contributed by atoms with E-state index in [0.717, 1.165) is 54.7 Å². The van der Waals surface area contributed by atoms with E-state index < -0.39 is 5.60 Å². The van der Waals surface area contributed by atoms with Gasteiger partial charge in [-0.15, -0.1) is 0 Å². The number of hydrogen-bond acceptors (Lipinski definition) is 6. The molecule has 0 unspecified atom stereocenters. The number of piperidine rings is 1. The zero-order valence-corrected chi connectivity index (χ0v) is 23.4. The maximum absolute atomic E-state index is 13.6. The fraction of sp³-hybridized carbons (Fsp3) is 0.500. The molecule has 0 atom stereocenters.